The summed E-state index contributed by atoms with van der Waals surface area (Å²) in [7, 11) is 0. The molecule has 0 aliphatic heterocycles. The molecule has 5 heteroatoms. The van der Waals surface area contributed by atoms with Crippen LogP contribution in [0.3, 0.4) is 0 Å². The topological polar surface area (TPSA) is 46.9 Å². The van der Waals surface area contributed by atoms with E-state index in [1.165, 1.54) is 0 Å². The van der Waals surface area contributed by atoms with E-state index in [2.05, 4.69) is 10.3 Å². The number of fused-ring (bicyclic) bond motifs is 1. The summed E-state index contributed by atoms with van der Waals surface area (Å²) in [6.07, 6.45) is 0.791. The van der Waals surface area contributed by atoms with Crippen molar-refractivity contribution >= 4 is 28.5 Å². The van der Waals surface area contributed by atoms with Gasteiger partial charge in [-0.3, -0.25) is 4.79 Å². The van der Waals surface area contributed by atoms with E-state index in [9.17, 15) is 4.79 Å². The van der Waals surface area contributed by atoms with Crippen LogP contribution >= 0.6 is 11.6 Å². The molecule has 0 aliphatic carbocycles. The van der Waals surface area contributed by atoms with Crippen molar-refractivity contribution in [3.8, 4) is 0 Å². The SMILES string of the molecule is CCc1nc2ccccc2n1CC(=O)NCc1ccc(Cl)cc1. The third kappa shape index (κ3) is 3.54. The minimum absolute atomic E-state index is 0.0298. The van der Waals surface area contributed by atoms with Gasteiger partial charge in [0.05, 0.1) is 11.0 Å². The second kappa shape index (κ2) is 6.84. The van der Waals surface area contributed by atoms with Gasteiger partial charge in [-0.05, 0) is 29.8 Å². The van der Waals surface area contributed by atoms with Crippen LogP contribution in [0, 0.1) is 0 Å². The fourth-order valence-corrected chi connectivity index (χ4v) is 2.70. The van der Waals surface area contributed by atoms with Crippen molar-refractivity contribution in [2.45, 2.75) is 26.4 Å². The number of para-hydroxylation sites is 2. The molecule has 1 amide bonds. The van der Waals surface area contributed by atoms with E-state index in [0.717, 1.165) is 28.8 Å². The van der Waals surface area contributed by atoms with E-state index < -0.39 is 0 Å². The van der Waals surface area contributed by atoms with Crippen LogP contribution in [0.5, 0.6) is 0 Å². The smallest absolute Gasteiger partial charge is 0.240 e. The van der Waals surface area contributed by atoms with Gasteiger partial charge in [-0.25, -0.2) is 4.98 Å². The minimum Gasteiger partial charge on any atom is -0.350 e. The summed E-state index contributed by atoms with van der Waals surface area (Å²) in [5, 5.41) is 3.63. The third-order valence-corrected chi connectivity index (χ3v) is 4.01. The number of carbonyl (C=O) groups is 1. The number of hydrogen-bond donors (Lipinski definition) is 1. The Morgan fingerprint density at radius 3 is 2.65 bits per heavy atom. The van der Waals surface area contributed by atoms with Gasteiger partial charge in [-0.1, -0.05) is 42.8 Å². The summed E-state index contributed by atoms with van der Waals surface area (Å²) in [5.74, 6) is 0.894. The van der Waals surface area contributed by atoms with Crippen LogP contribution in [0.25, 0.3) is 11.0 Å². The van der Waals surface area contributed by atoms with Crippen molar-refractivity contribution in [3.63, 3.8) is 0 Å². The lowest BCUT2D eigenvalue weighted by molar-refractivity contribution is -0.121. The molecule has 118 valence electrons. The van der Waals surface area contributed by atoms with Gasteiger partial charge in [0.15, 0.2) is 0 Å². The summed E-state index contributed by atoms with van der Waals surface area (Å²) in [5.41, 5.74) is 2.94. The number of rotatable bonds is 5. The van der Waals surface area contributed by atoms with Crippen molar-refractivity contribution in [1.29, 1.82) is 0 Å². The number of halogens is 1. The van der Waals surface area contributed by atoms with Crippen molar-refractivity contribution in [2.24, 2.45) is 0 Å². The number of aryl methyl sites for hydroxylation is 1. The Balaban J connectivity index is 1.71. The fourth-order valence-electron chi connectivity index (χ4n) is 2.57. The summed E-state index contributed by atoms with van der Waals surface area (Å²) < 4.78 is 1.98. The zero-order valence-corrected chi connectivity index (χ0v) is 13.7. The first-order valence-electron chi connectivity index (χ1n) is 7.62. The van der Waals surface area contributed by atoms with E-state index in [1.807, 2.05) is 60.0 Å². The van der Waals surface area contributed by atoms with Crippen LogP contribution in [0.4, 0.5) is 0 Å². The predicted octanol–water partition coefficient (Wildman–Crippen LogP) is 3.57. The number of nitrogens with zero attached hydrogens (tertiary/aromatic N) is 2. The lowest BCUT2D eigenvalue weighted by Gasteiger charge is -2.09. The predicted molar refractivity (Wildman–Crippen MR) is 92.4 cm³/mol. The van der Waals surface area contributed by atoms with Crippen LogP contribution in [-0.2, 0) is 24.3 Å². The van der Waals surface area contributed by atoms with Gasteiger partial charge in [0.2, 0.25) is 5.91 Å². The first kappa shape index (κ1) is 15.6. The zero-order valence-electron chi connectivity index (χ0n) is 12.9. The van der Waals surface area contributed by atoms with E-state index in [4.69, 9.17) is 11.6 Å². The molecule has 0 saturated heterocycles. The average molecular weight is 328 g/mol. The maximum Gasteiger partial charge on any atom is 0.240 e. The maximum absolute atomic E-state index is 12.3. The molecule has 0 fully saturated rings. The van der Waals surface area contributed by atoms with Gasteiger partial charge in [0.1, 0.15) is 12.4 Å². The number of aromatic nitrogens is 2. The molecule has 3 rings (SSSR count). The molecule has 4 nitrogen and oxygen atoms in total. The number of hydrogen-bond acceptors (Lipinski definition) is 2. The standard InChI is InChI=1S/C18H18ClN3O/c1-2-17-21-15-5-3-4-6-16(15)22(17)12-18(23)20-11-13-7-9-14(19)10-8-13/h3-10H,2,11-12H2,1H3,(H,20,23). The Morgan fingerprint density at radius 1 is 1.17 bits per heavy atom. The van der Waals surface area contributed by atoms with Crippen LogP contribution in [-0.4, -0.2) is 15.5 Å². The molecular formula is C18H18ClN3O. The molecule has 0 bridgehead atoms. The van der Waals surface area contributed by atoms with Crippen molar-refractivity contribution in [1.82, 2.24) is 14.9 Å². The molecule has 1 N–H and O–H groups in total. The summed E-state index contributed by atoms with van der Waals surface area (Å²) in [6.45, 7) is 2.81. The van der Waals surface area contributed by atoms with Crippen molar-refractivity contribution in [3.05, 3.63) is 64.9 Å². The van der Waals surface area contributed by atoms with E-state index in [0.29, 0.717) is 11.6 Å². The second-order valence-corrected chi connectivity index (χ2v) is 5.80. The van der Waals surface area contributed by atoms with E-state index in [1.54, 1.807) is 0 Å². The molecule has 2 aromatic carbocycles. The normalized spacial score (nSPS) is 10.9. The van der Waals surface area contributed by atoms with Crippen molar-refractivity contribution < 1.29 is 4.79 Å². The third-order valence-electron chi connectivity index (χ3n) is 3.75. The highest BCUT2D eigenvalue weighted by atomic mass is 35.5. The minimum atomic E-state index is -0.0298. The van der Waals surface area contributed by atoms with Crippen LogP contribution in [0.1, 0.15) is 18.3 Å². The Labute approximate surface area is 140 Å². The molecule has 0 saturated carbocycles. The molecule has 0 unspecified atom stereocenters. The fraction of sp³-hybridized carbons (Fsp3) is 0.222. The number of carbonyl (C=O) groups excluding carboxylic acids is 1. The van der Waals surface area contributed by atoms with Gasteiger partial charge < -0.3 is 9.88 Å². The second-order valence-electron chi connectivity index (χ2n) is 5.36. The quantitative estimate of drug-likeness (QED) is 0.778. The number of imidazole rings is 1. The highest BCUT2D eigenvalue weighted by Gasteiger charge is 2.12. The van der Waals surface area contributed by atoms with Crippen LogP contribution < -0.4 is 5.32 Å². The first-order valence-corrected chi connectivity index (χ1v) is 8.00. The largest absolute Gasteiger partial charge is 0.350 e. The monoisotopic (exact) mass is 327 g/mol. The van der Waals surface area contributed by atoms with Crippen LogP contribution in [0.15, 0.2) is 48.5 Å². The van der Waals surface area contributed by atoms with Crippen molar-refractivity contribution in [2.75, 3.05) is 0 Å². The van der Waals surface area contributed by atoms with Gasteiger partial charge in [0.25, 0.3) is 0 Å². The molecular weight excluding hydrogens is 310 g/mol. The van der Waals surface area contributed by atoms with Gasteiger partial charge in [-0.15, -0.1) is 0 Å². The van der Waals surface area contributed by atoms with E-state index >= 15 is 0 Å². The first-order chi connectivity index (χ1) is 11.2. The Kier molecular flexibility index (Phi) is 4.63. The molecule has 23 heavy (non-hydrogen) atoms. The molecule has 1 aromatic heterocycles. The van der Waals surface area contributed by atoms with Crippen LogP contribution in [0.2, 0.25) is 5.02 Å². The molecule has 3 aromatic rings. The highest BCUT2D eigenvalue weighted by molar-refractivity contribution is 6.30. The van der Waals surface area contributed by atoms with Gasteiger partial charge in [-0.2, -0.15) is 0 Å². The van der Waals surface area contributed by atoms with Gasteiger partial charge >= 0.3 is 0 Å². The Bertz CT molecular complexity index is 824. The summed E-state index contributed by atoms with van der Waals surface area (Å²) in [4.78, 5) is 16.9. The summed E-state index contributed by atoms with van der Waals surface area (Å²) >= 11 is 5.86. The maximum atomic E-state index is 12.3. The molecule has 1 heterocycles. The molecule has 0 radical (unpaired) electrons. The lowest BCUT2D eigenvalue weighted by Crippen LogP contribution is -2.27. The average Bonchev–Trinajstić information content (AvgIpc) is 2.92. The zero-order chi connectivity index (χ0) is 16.2. The molecule has 0 spiro atoms. The Morgan fingerprint density at radius 2 is 1.91 bits per heavy atom. The number of nitrogens with one attached hydrogen (secondary N) is 1. The molecule has 0 atom stereocenters. The highest BCUT2D eigenvalue weighted by Crippen LogP contribution is 2.16. The number of amides is 1. The van der Waals surface area contributed by atoms with Gasteiger partial charge in [0, 0.05) is 18.0 Å². The molecule has 0 aliphatic rings. The lowest BCUT2D eigenvalue weighted by atomic mass is 10.2. The Hall–Kier alpha value is -2.33. The number of benzene rings is 2. The van der Waals surface area contributed by atoms with E-state index in [-0.39, 0.29) is 12.5 Å². The summed E-state index contributed by atoms with van der Waals surface area (Å²) in [6, 6.07) is 15.3.